The first-order valence-electron chi connectivity index (χ1n) is 9.46. The Morgan fingerprint density at radius 3 is 2.41 bits per heavy atom. The van der Waals surface area contributed by atoms with Crippen LogP contribution in [0, 0.1) is 0 Å². The molecule has 0 heterocycles. The molecule has 0 aliphatic heterocycles. The fourth-order valence-corrected chi connectivity index (χ4v) is 2.61. The van der Waals surface area contributed by atoms with Crippen molar-refractivity contribution in [1.29, 1.82) is 0 Å². The zero-order valence-corrected chi connectivity index (χ0v) is 16.4. The molecule has 0 aromatic heterocycles. The van der Waals surface area contributed by atoms with Crippen LogP contribution in [0.5, 0.6) is 11.5 Å². The van der Waals surface area contributed by atoms with E-state index in [1.807, 2.05) is 6.92 Å². The van der Waals surface area contributed by atoms with E-state index in [1.54, 1.807) is 6.92 Å². The number of nitrogens with two attached hydrogens (primary N) is 1. The summed E-state index contributed by atoms with van der Waals surface area (Å²) in [4.78, 5) is 24.8. The normalized spacial score (nSPS) is 14.2. The molecule has 0 radical (unpaired) electrons. The number of benzene rings is 1. The molecule has 2 atom stereocenters. The number of hydrogen-bond donors (Lipinski definition) is 3. The zero-order chi connectivity index (χ0) is 20.4. The second kappa shape index (κ2) is 10.8. The molecule has 0 aliphatic carbocycles. The highest BCUT2D eigenvalue weighted by atomic mass is 16.6. The van der Waals surface area contributed by atoms with Crippen molar-refractivity contribution in [3.8, 4) is 11.5 Å². The molecule has 0 aliphatic rings. The van der Waals surface area contributed by atoms with E-state index in [0.29, 0.717) is 18.4 Å². The van der Waals surface area contributed by atoms with Gasteiger partial charge in [0.25, 0.3) is 5.72 Å². The Kier molecular flexibility index (Phi) is 9.08. The van der Waals surface area contributed by atoms with Crippen LogP contribution >= 0.6 is 0 Å². The molecule has 0 fully saturated rings. The third kappa shape index (κ3) is 6.43. The van der Waals surface area contributed by atoms with Gasteiger partial charge < -0.3 is 19.7 Å². The molecule has 0 amide bonds. The Labute approximate surface area is 160 Å². The van der Waals surface area contributed by atoms with Crippen LogP contribution in [0.1, 0.15) is 70.8 Å². The number of carbonyl (C=O) groups excluding carboxylic acids is 2. The van der Waals surface area contributed by atoms with E-state index in [1.165, 1.54) is 18.2 Å². The number of rotatable bonds is 11. The van der Waals surface area contributed by atoms with E-state index in [2.05, 4.69) is 6.92 Å². The molecular weight excluding hydrogens is 350 g/mol. The Morgan fingerprint density at radius 1 is 1.11 bits per heavy atom. The Balaban J connectivity index is 3.00. The monoisotopic (exact) mass is 381 g/mol. The number of phenols is 2. The van der Waals surface area contributed by atoms with Gasteiger partial charge >= 0.3 is 11.9 Å². The first-order chi connectivity index (χ1) is 12.8. The van der Waals surface area contributed by atoms with Crippen LogP contribution in [0.2, 0.25) is 0 Å². The van der Waals surface area contributed by atoms with Crippen LogP contribution in [0.25, 0.3) is 0 Å². The summed E-state index contributed by atoms with van der Waals surface area (Å²) in [5, 5.41) is 19.2. The van der Waals surface area contributed by atoms with Gasteiger partial charge in [-0.05, 0) is 30.5 Å². The van der Waals surface area contributed by atoms with E-state index in [0.717, 1.165) is 19.3 Å². The van der Waals surface area contributed by atoms with Gasteiger partial charge in [0.05, 0.1) is 6.61 Å². The molecule has 1 aromatic rings. The molecule has 27 heavy (non-hydrogen) atoms. The number of ether oxygens (including phenoxy) is 2. The lowest BCUT2D eigenvalue weighted by Crippen LogP contribution is -2.56. The van der Waals surface area contributed by atoms with E-state index in [4.69, 9.17) is 15.2 Å². The minimum Gasteiger partial charge on any atom is -0.504 e. The van der Waals surface area contributed by atoms with Crippen LogP contribution in [-0.2, 0) is 19.1 Å². The fraction of sp³-hybridized carbons (Fsp3) is 0.600. The molecule has 0 saturated carbocycles. The Morgan fingerprint density at radius 2 is 1.81 bits per heavy atom. The molecule has 4 N–H and O–H groups in total. The lowest BCUT2D eigenvalue weighted by Gasteiger charge is -2.33. The van der Waals surface area contributed by atoms with Crippen molar-refractivity contribution in [3.63, 3.8) is 0 Å². The highest BCUT2D eigenvalue weighted by Gasteiger charge is 2.46. The summed E-state index contributed by atoms with van der Waals surface area (Å²) in [7, 11) is 0. The summed E-state index contributed by atoms with van der Waals surface area (Å²) >= 11 is 0. The first-order valence-corrected chi connectivity index (χ1v) is 9.46. The molecule has 152 valence electrons. The second-order valence-electron chi connectivity index (χ2n) is 6.68. The molecule has 1 aromatic carbocycles. The number of hydrogen-bond acceptors (Lipinski definition) is 7. The third-order valence-corrected chi connectivity index (χ3v) is 4.42. The summed E-state index contributed by atoms with van der Waals surface area (Å²) in [6.45, 7) is 5.66. The van der Waals surface area contributed by atoms with Crippen LogP contribution in [0.15, 0.2) is 18.2 Å². The summed E-state index contributed by atoms with van der Waals surface area (Å²) < 4.78 is 10.5. The van der Waals surface area contributed by atoms with Gasteiger partial charge in [0.1, 0.15) is 0 Å². The van der Waals surface area contributed by atoms with Crippen molar-refractivity contribution < 1.29 is 29.3 Å². The van der Waals surface area contributed by atoms with E-state index in [9.17, 15) is 19.8 Å². The minimum atomic E-state index is -2.03. The molecule has 0 bridgehead atoms. The number of aromatic hydroxyl groups is 2. The van der Waals surface area contributed by atoms with Crippen molar-refractivity contribution in [3.05, 3.63) is 23.8 Å². The Hall–Kier alpha value is -2.28. The molecule has 0 saturated heterocycles. The van der Waals surface area contributed by atoms with Gasteiger partial charge in [-0.25, -0.2) is 4.79 Å². The zero-order valence-electron chi connectivity index (χ0n) is 16.4. The number of esters is 2. The molecule has 7 nitrogen and oxygen atoms in total. The molecular formula is C20H31NO6. The standard InChI is InChI=1S/C20H31NO6/c1-4-6-7-8-9-18(24)27-20(21,19(25)26-12-5-2)14(3)15-10-11-16(22)17(23)13-15/h10-11,13-14,22-23H,4-9,12,21H2,1-3H3/t14?,20-/m0/s1. The number of carbonyl (C=O) groups is 2. The first kappa shape index (κ1) is 22.8. The summed E-state index contributed by atoms with van der Waals surface area (Å²) in [5.41, 5.74) is 4.62. The maximum atomic E-state index is 12.6. The highest BCUT2D eigenvalue weighted by molar-refractivity contribution is 5.84. The predicted molar refractivity (Wildman–Crippen MR) is 101 cm³/mol. The van der Waals surface area contributed by atoms with Gasteiger partial charge in [0.15, 0.2) is 11.5 Å². The third-order valence-electron chi connectivity index (χ3n) is 4.42. The lowest BCUT2D eigenvalue weighted by molar-refractivity contribution is -0.185. The second-order valence-corrected chi connectivity index (χ2v) is 6.68. The smallest absolute Gasteiger partial charge is 0.366 e. The van der Waals surface area contributed by atoms with E-state index < -0.39 is 23.6 Å². The maximum Gasteiger partial charge on any atom is 0.366 e. The van der Waals surface area contributed by atoms with Crippen molar-refractivity contribution in [1.82, 2.24) is 0 Å². The summed E-state index contributed by atoms with van der Waals surface area (Å²) in [5.74, 6) is -2.86. The van der Waals surface area contributed by atoms with Gasteiger partial charge in [0, 0.05) is 12.3 Å². The predicted octanol–water partition coefficient (Wildman–Crippen LogP) is 3.32. The summed E-state index contributed by atoms with van der Waals surface area (Å²) in [6, 6.07) is 4.07. The van der Waals surface area contributed by atoms with Crippen LogP contribution in [-0.4, -0.2) is 34.5 Å². The van der Waals surface area contributed by atoms with Crippen LogP contribution in [0.4, 0.5) is 0 Å². The molecule has 1 unspecified atom stereocenters. The average molecular weight is 381 g/mol. The van der Waals surface area contributed by atoms with Crippen LogP contribution < -0.4 is 5.73 Å². The van der Waals surface area contributed by atoms with Gasteiger partial charge in [-0.1, -0.05) is 46.1 Å². The van der Waals surface area contributed by atoms with Gasteiger partial charge in [-0.3, -0.25) is 10.5 Å². The van der Waals surface area contributed by atoms with Crippen molar-refractivity contribution in [2.45, 2.75) is 70.9 Å². The van der Waals surface area contributed by atoms with Crippen molar-refractivity contribution >= 4 is 11.9 Å². The molecule has 1 rings (SSSR count). The van der Waals surface area contributed by atoms with Gasteiger partial charge in [-0.15, -0.1) is 0 Å². The molecule has 7 heteroatoms. The highest BCUT2D eigenvalue weighted by Crippen LogP contribution is 2.34. The average Bonchev–Trinajstić information content (AvgIpc) is 2.64. The Bertz CT molecular complexity index is 633. The fourth-order valence-electron chi connectivity index (χ4n) is 2.61. The van der Waals surface area contributed by atoms with Gasteiger partial charge in [0.2, 0.25) is 0 Å². The van der Waals surface area contributed by atoms with E-state index >= 15 is 0 Å². The number of unbranched alkanes of at least 4 members (excludes halogenated alkanes) is 3. The summed E-state index contributed by atoms with van der Waals surface area (Å²) in [6.07, 6.45) is 4.37. The maximum absolute atomic E-state index is 12.6. The number of phenolic OH excluding ortho intramolecular Hbond substituents is 2. The minimum absolute atomic E-state index is 0.152. The van der Waals surface area contributed by atoms with E-state index in [-0.39, 0.29) is 24.5 Å². The quantitative estimate of drug-likeness (QED) is 0.233. The lowest BCUT2D eigenvalue weighted by atomic mass is 9.90. The van der Waals surface area contributed by atoms with Crippen molar-refractivity contribution in [2.75, 3.05) is 6.61 Å². The van der Waals surface area contributed by atoms with Gasteiger partial charge in [-0.2, -0.15) is 0 Å². The topological polar surface area (TPSA) is 119 Å². The SMILES string of the molecule is CCCCCCC(=O)O[C@](N)(C(=O)OCCC)C(C)c1ccc(O)c(O)c1. The largest absolute Gasteiger partial charge is 0.504 e. The molecule has 0 spiro atoms. The van der Waals surface area contributed by atoms with Crippen molar-refractivity contribution in [2.24, 2.45) is 5.73 Å². The van der Waals surface area contributed by atoms with Crippen LogP contribution in [0.3, 0.4) is 0 Å².